The quantitative estimate of drug-likeness (QED) is 0.661. The lowest BCUT2D eigenvalue weighted by atomic mass is 9.94. The first-order chi connectivity index (χ1) is 9.75. The lowest BCUT2D eigenvalue weighted by molar-refractivity contribution is 0.0964. The molecule has 2 aromatic carbocycles. The number of hydrogen-bond acceptors (Lipinski definition) is 2. The number of ketones is 1. The molecule has 1 atom stereocenters. The molecule has 0 radical (unpaired) electrons. The second-order valence-electron chi connectivity index (χ2n) is 4.90. The second kappa shape index (κ2) is 5.25. The maximum atomic E-state index is 12.5. The SMILES string of the molecule is CC(C(=O)c1ccc2ccccc2c1)c1ccccn1. The summed E-state index contributed by atoms with van der Waals surface area (Å²) in [5.74, 6) is -0.119. The van der Waals surface area contributed by atoms with Crippen LogP contribution in [0.5, 0.6) is 0 Å². The van der Waals surface area contributed by atoms with Crippen molar-refractivity contribution in [3.63, 3.8) is 0 Å². The topological polar surface area (TPSA) is 30.0 Å². The van der Waals surface area contributed by atoms with Gasteiger partial charge in [-0.05, 0) is 35.9 Å². The van der Waals surface area contributed by atoms with Crippen molar-refractivity contribution in [3.05, 3.63) is 78.1 Å². The van der Waals surface area contributed by atoms with E-state index in [1.165, 1.54) is 0 Å². The van der Waals surface area contributed by atoms with Crippen LogP contribution in [0, 0.1) is 0 Å². The molecule has 0 aliphatic rings. The molecule has 0 saturated heterocycles. The lowest BCUT2D eigenvalue weighted by Crippen LogP contribution is -2.10. The number of carbonyl (C=O) groups excluding carboxylic acids is 1. The van der Waals surface area contributed by atoms with Gasteiger partial charge in [-0.3, -0.25) is 9.78 Å². The predicted octanol–water partition coefficient (Wildman–Crippen LogP) is 4.22. The third-order valence-electron chi connectivity index (χ3n) is 3.56. The van der Waals surface area contributed by atoms with Gasteiger partial charge in [0.05, 0.1) is 11.6 Å². The molecule has 0 aliphatic carbocycles. The Balaban J connectivity index is 1.96. The summed E-state index contributed by atoms with van der Waals surface area (Å²) in [6.07, 6.45) is 1.72. The van der Waals surface area contributed by atoms with Gasteiger partial charge in [-0.2, -0.15) is 0 Å². The lowest BCUT2D eigenvalue weighted by Gasteiger charge is -2.10. The molecule has 2 heteroatoms. The van der Waals surface area contributed by atoms with Crippen LogP contribution in [0.4, 0.5) is 0 Å². The number of carbonyl (C=O) groups is 1. The maximum absolute atomic E-state index is 12.5. The molecule has 0 saturated carbocycles. The van der Waals surface area contributed by atoms with Crippen molar-refractivity contribution in [1.82, 2.24) is 4.98 Å². The van der Waals surface area contributed by atoms with Gasteiger partial charge in [0, 0.05) is 11.8 Å². The molecular formula is C18H15NO. The molecule has 0 spiro atoms. The Morgan fingerprint density at radius 1 is 0.950 bits per heavy atom. The number of hydrogen-bond donors (Lipinski definition) is 0. The van der Waals surface area contributed by atoms with Crippen molar-refractivity contribution < 1.29 is 4.79 Å². The van der Waals surface area contributed by atoms with E-state index < -0.39 is 0 Å². The van der Waals surface area contributed by atoms with Crippen LogP contribution in [-0.2, 0) is 0 Å². The molecule has 0 amide bonds. The summed E-state index contributed by atoms with van der Waals surface area (Å²) >= 11 is 0. The van der Waals surface area contributed by atoms with Crippen LogP contribution in [0.3, 0.4) is 0 Å². The maximum Gasteiger partial charge on any atom is 0.171 e. The molecule has 98 valence electrons. The van der Waals surface area contributed by atoms with Crippen LogP contribution >= 0.6 is 0 Å². The standard InChI is InChI=1S/C18H15NO/c1-13(17-8-4-5-11-19-17)18(20)16-10-9-14-6-2-3-7-15(14)12-16/h2-13H,1H3. The zero-order valence-electron chi connectivity index (χ0n) is 11.3. The Morgan fingerprint density at radius 3 is 2.45 bits per heavy atom. The Morgan fingerprint density at radius 2 is 1.70 bits per heavy atom. The largest absolute Gasteiger partial charge is 0.293 e. The van der Waals surface area contributed by atoms with Crippen molar-refractivity contribution >= 4 is 16.6 Å². The van der Waals surface area contributed by atoms with E-state index in [0.29, 0.717) is 0 Å². The van der Waals surface area contributed by atoms with Crippen LogP contribution < -0.4 is 0 Å². The molecule has 1 heterocycles. The number of fused-ring (bicyclic) bond motifs is 1. The number of aromatic nitrogens is 1. The molecule has 0 fully saturated rings. The van der Waals surface area contributed by atoms with Gasteiger partial charge in [0.25, 0.3) is 0 Å². The van der Waals surface area contributed by atoms with E-state index in [0.717, 1.165) is 22.0 Å². The molecule has 0 aliphatic heterocycles. The van der Waals surface area contributed by atoms with Gasteiger partial charge in [-0.15, -0.1) is 0 Å². The zero-order chi connectivity index (χ0) is 13.9. The second-order valence-corrected chi connectivity index (χ2v) is 4.90. The number of pyridine rings is 1. The van der Waals surface area contributed by atoms with Crippen LogP contribution in [0.25, 0.3) is 10.8 Å². The van der Waals surface area contributed by atoms with Gasteiger partial charge < -0.3 is 0 Å². The van der Waals surface area contributed by atoms with E-state index in [9.17, 15) is 4.79 Å². The minimum Gasteiger partial charge on any atom is -0.293 e. The van der Waals surface area contributed by atoms with E-state index >= 15 is 0 Å². The minimum absolute atomic E-state index is 0.106. The summed E-state index contributed by atoms with van der Waals surface area (Å²) in [5, 5.41) is 2.24. The first-order valence-corrected chi connectivity index (χ1v) is 6.69. The predicted molar refractivity (Wildman–Crippen MR) is 80.9 cm³/mol. The first kappa shape index (κ1) is 12.5. The highest BCUT2D eigenvalue weighted by Gasteiger charge is 2.18. The molecule has 3 rings (SSSR count). The minimum atomic E-state index is -0.225. The summed E-state index contributed by atoms with van der Waals surface area (Å²) in [4.78, 5) is 16.8. The first-order valence-electron chi connectivity index (χ1n) is 6.69. The normalized spacial score (nSPS) is 12.2. The zero-order valence-corrected chi connectivity index (χ0v) is 11.3. The summed E-state index contributed by atoms with van der Waals surface area (Å²) in [6, 6.07) is 19.6. The Bertz CT molecular complexity index is 749. The van der Waals surface area contributed by atoms with Crippen molar-refractivity contribution in [2.75, 3.05) is 0 Å². The molecule has 1 aromatic heterocycles. The van der Waals surface area contributed by atoms with Gasteiger partial charge in [0.1, 0.15) is 0 Å². The molecule has 20 heavy (non-hydrogen) atoms. The summed E-state index contributed by atoms with van der Waals surface area (Å²) in [7, 11) is 0. The fraction of sp³-hybridized carbons (Fsp3) is 0.111. The molecule has 0 N–H and O–H groups in total. The highest BCUT2D eigenvalue weighted by atomic mass is 16.1. The average molecular weight is 261 g/mol. The van der Waals surface area contributed by atoms with Crippen LogP contribution in [-0.4, -0.2) is 10.8 Å². The van der Waals surface area contributed by atoms with Crippen molar-refractivity contribution in [3.8, 4) is 0 Å². The number of rotatable bonds is 3. The third-order valence-corrected chi connectivity index (χ3v) is 3.56. The number of benzene rings is 2. The van der Waals surface area contributed by atoms with Gasteiger partial charge in [0.15, 0.2) is 5.78 Å². The van der Waals surface area contributed by atoms with Crippen LogP contribution in [0.1, 0.15) is 28.9 Å². The van der Waals surface area contributed by atoms with Crippen molar-refractivity contribution in [2.45, 2.75) is 12.8 Å². The fourth-order valence-electron chi connectivity index (χ4n) is 2.36. The fourth-order valence-corrected chi connectivity index (χ4v) is 2.36. The highest BCUT2D eigenvalue weighted by Crippen LogP contribution is 2.22. The molecule has 0 bridgehead atoms. The molecular weight excluding hydrogens is 246 g/mol. The summed E-state index contributed by atoms with van der Waals surface area (Å²) < 4.78 is 0. The molecule has 1 unspecified atom stereocenters. The smallest absolute Gasteiger partial charge is 0.171 e. The third kappa shape index (κ3) is 2.32. The number of Topliss-reactive ketones (excluding diaryl/α,β-unsaturated/α-hetero) is 1. The van der Waals surface area contributed by atoms with Crippen LogP contribution in [0.15, 0.2) is 66.9 Å². The average Bonchev–Trinajstić information content (AvgIpc) is 2.54. The van der Waals surface area contributed by atoms with Gasteiger partial charge >= 0.3 is 0 Å². The van der Waals surface area contributed by atoms with Gasteiger partial charge in [-0.1, -0.05) is 42.5 Å². The summed E-state index contributed by atoms with van der Waals surface area (Å²) in [6.45, 7) is 1.90. The van der Waals surface area contributed by atoms with E-state index in [1.54, 1.807) is 6.20 Å². The highest BCUT2D eigenvalue weighted by molar-refractivity contribution is 6.03. The van der Waals surface area contributed by atoms with Crippen LogP contribution in [0.2, 0.25) is 0 Å². The van der Waals surface area contributed by atoms with E-state index in [-0.39, 0.29) is 11.7 Å². The van der Waals surface area contributed by atoms with E-state index in [2.05, 4.69) is 4.98 Å². The summed E-state index contributed by atoms with van der Waals surface area (Å²) in [5.41, 5.74) is 1.55. The van der Waals surface area contributed by atoms with E-state index in [4.69, 9.17) is 0 Å². The Kier molecular flexibility index (Phi) is 3.30. The van der Waals surface area contributed by atoms with Crippen molar-refractivity contribution in [1.29, 1.82) is 0 Å². The molecule has 2 nitrogen and oxygen atoms in total. The molecule has 3 aromatic rings. The van der Waals surface area contributed by atoms with Gasteiger partial charge in [-0.25, -0.2) is 0 Å². The van der Waals surface area contributed by atoms with Gasteiger partial charge in [0.2, 0.25) is 0 Å². The Labute approximate surface area is 118 Å². The van der Waals surface area contributed by atoms with Crippen molar-refractivity contribution in [2.24, 2.45) is 0 Å². The van der Waals surface area contributed by atoms with E-state index in [1.807, 2.05) is 67.6 Å². The number of nitrogens with zero attached hydrogens (tertiary/aromatic N) is 1. The monoisotopic (exact) mass is 261 g/mol. The Hall–Kier alpha value is -2.48.